The smallest absolute Gasteiger partial charge is 0.387 e. The van der Waals surface area contributed by atoms with Gasteiger partial charge in [0.1, 0.15) is 22.2 Å². The van der Waals surface area contributed by atoms with Crippen LogP contribution >= 0.6 is 23.2 Å². The summed E-state index contributed by atoms with van der Waals surface area (Å²) in [4.78, 5) is 12.8. The lowest BCUT2D eigenvalue weighted by molar-refractivity contribution is -0.605. The van der Waals surface area contributed by atoms with E-state index in [1.807, 2.05) is 0 Å². The van der Waals surface area contributed by atoms with Gasteiger partial charge in [0.15, 0.2) is 23.9 Å². The fourth-order valence-electron chi connectivity index (χ4n) is 3.77. The van der Waals surface area contributed by atoms with Crippen molar-refractivity contribution in [1.29, 1.82) is 0 Å². The zero-order valence-electron chi connectivity index (χ0n) is 18.1. The van der Waals surface area contributed by atoms with Gasteiger partial charge in [-0.25, -0.2) is 0 Å². The number of benzene rings is 1. The minimum Gasteiger partial charge on any atom is -0.619 e. The van der Waals surface area contributed by atoms with E-state index in [9.17, 15) is 18.8 Å². The molecule has 184 valence electrons. The molecule has 0 spiro atoms. The number of nitrogens with zero attached hydrogens (tertiary/aromatic N) is 1. The number of hydrogen-bond donors (Lipinski definition) is 1. The van der Waals surface area contributed by atoms with Gasteiger partial charge in [0.2, 0.25) is 0 Å². The predicted octanol–water partition coefficient (Wildman–Crippen LogP) is 4.60. The van der Waals surface area contributed by atoms with Gasteiger partial charge >= 0.3 is 12.6 Å². The molecule has 1 aliphatic carbocycles. The zero-order chi connectivity index (χ0) is 24.2. The maximum absolute atomic E-state index is 12.9. The fraction of sp³-hybridized carbons (Fsp3) is 0.478. The Hall–Kier alpha value is -2.36. The fourth-order valence-corrected chi connectivity index (χ4v) is 4.37. The highest BCUT2D eigenvalue weighted by molar-refractivity contribution is 6.35. The number of carbonyl (C=O) groups is 1. The van der Waals surface area contributed by atoms with Crippen molar-refractivity contribution in [3.8, 4) is 11.5 Å². The lowest BCUT2D eigenvalue weighted by Gasteiger charge is -2.23. The molecule has 1 saturated heterocycles. The lowest BCUT2D eigenvalue weighted by Crippen LogP contribution is -2.33. The number of esters is 1. The van der Waals surface area contributed by atoms with E-state index in [0.29, 0.717) is 41.3 Å². The number of rotatable bonds is 10. The van der Waals surface area contributed by atoms with Crippen molar-refractivity contribution in [1.82, 2.24) is 5.32 Å². The van der Waals surface area contributed by atoms with Crippen LogP contribution in [-0.2, 0) is 16.0 Å². The molecule has 0 unspecified atom stereocenters. The third kappa shape index (κ3) is 6.40. The van der Waals surface area contributed by atoms with E-state index in [-0.39, 0.29) is 28.0 Å². The minimum atomic E-state index is -3.02. The van der Waals surface area contributed by atoms with Crippen LogP contribution in [0.2, 0.25) is 10.0 Å². The van der Waals surface area contributed by atoms with Crippen LogP contribution in [0.15, 0.2) is 30.6 Å². The summed E-state index contributed by atoms with van der Waals surface area (Å²) in [6.07, 6.45) is 5.04. The van der Waals surface area contributed by atoms with E-state index in [1.165, 1.54) is 18.2 Å². The number of alkyl halides is 2. The van der Waals surface area contributed by atoms with Crippen LogP contribution < -0.4 is 19.5 Å². The maximum atomic E-state index is 12.9. The largest absolute Gasteiger partial charge is 0.619 e. The molecule has 2 fully saturated rings. The second-order valence-electron chi connectivity index (χ2n) is 8.41. The van der Waals surface area contributed by atoms with Crippen LogP contribution in [0.4, 0.5) is 8.78 Å². The van der Waals surface area contributed by atoms with Gasteiger partial charge in [-0.1, -0.05) is 29.3 Å². The molecule has 0 bridgehead atoms. The van der Waals surface area contributed by atoms with Gasteiger partial charge in [0.05, 0.1) is 6.61 Å². The highest BCUT2D eigenvalue weighted by Gasteiger charge is 2.30. The molecule has 2 aliphatic rings. The van der Waals surface area contributed by atoms with E-state index in [4.69, 9.17) is 32.7 Å². The summed E-state index contributed by atoms with van der Waals surface area (Å²) in [6, 6.07) is 3.97. The SMILES string of the molecule is O=C(O[C@H](Cc1c(Cl)c[n+]([O-])cc1Cl)c1ccc(OC(F)F)c(OCC2CC2)c1)[C@@H]1CCCN1. The first-order valence-corrected chi connectivity index (χ1v) is 11.8. The molecule has 2 aromatic rings. The Bertz CT molecular complexity index is 1010. The maximum Gasteiger partial charge on any atom is 0.387 e. The van der Waals surface area contributed by atoms with Crippen LogP contribution in [-0.4, -0.2) is 31.8 Å². The summed E-state index contributed by atoms with van der Waals surface area (Å²) in [5.41, 5.74) is 0.908. The van der Waals surface area contributed by atoms with Crippen molar-refractivity contribution in [3.63, 3.8) is 0 Å². The van der Waals surface area contributed by atoms with Gasteiger partial charge < -0.3 is 24.7 Å². The van der Waals surface area contributed by atoms with Gasteiger partial charge in [-0.3, -0.25) is 4.79 Å². The predicted molar refractivity (Wildman–Crippen MR) is 120 cm³/mol. The number of nitrogens with one attached hydrogen (secondary N) is 1. The van der Waals surface area contributed by atoms with Gasteiger partial charge in [-0.15, -0.1) is 0 Å². The molecule has 1 aromatic carbocycles. The molecule has 7 nitrogen and oxygen atoms in total. The van der Waals surface area contributed by atoms with Crippen molar-refractivity contribution in [2.45, 2.75) is 50.9 Å². The molecular weight excluding hydrogens is 493 g/mol. The summed E-state index contributed by atoms with van der Waals surface area (Å²) < 4.78 is 42.5. The number of pyridine rings is 1. The van der Waals surface area contributed by atoms with Crippen molar-refractivity contribution < 1.29 is 32.5 Å². The first-order valence-electron chi connectivity index (χ1n) is 11.0. The second-order valence-corrected chi connectivity index (χ2v) is 9.22. The monoisotopic (exact) mass is 516 g/mol. The van der Waals surface area contributed by atoms with Crippen molar-refractivity contribution in [3.05, 3.63) is 57.0 Å². The standard InChI is InChI=1S/C23H24Cl2F2N2O5/c24-16-10-29(31)11-17(25)15(16)9-20(33-22(30)18-2-1-7-28-18)14-5-6-19(34-23(26)27)21(8-14)32-12-13-3-4-13/h5-6,8,10-11,13,18,20,23,28H,1-4,7,9,12H2/t18-,20+/m0/s1. The molecule has 0 amide bonds. The molecule has 1 aromatic heterocycles. The van der Waals surface area contributed by atoms with E-state index in [1.54, 1.807) is 0 Å². The summed E-state index contributed by atoms with van der Waals surface area (Å²) in [6.45, 7) is -1.93. The third-order valence-corrected chi connectivity index (χ3v) is 6.43. The van der Waals surface area contributed by atoms with E-state index in [0.717, 1.165) is 31.7 Å². The van der Waals surface area contributed by atoms with Crippen LogP contribution in [0.1, 0.15) is 42.9 Å². The number of ether oxygens (including phenoxy) is 3. The Kier molecular flexibility index (Phi) is 7.95. The molecular formula is C23H24Cl2F2N2O5. The topological polar surface area (TPSA) is 83.7 Å². The highest BCUT2D eigenvalue weighted by atomic mass is 35.5. The van der Waals surface area contributed by atoms with Gasteiger partial charge in [0, 0.05) is 12.0 Å². The van der Waals surface area contributed by atoms with Gasteiger partial charge in [0.25, 0.3) is 0 Å². The van der Waals surface area contributed by atoms with E-state index < -0.39 is 24.7 Å². The number of aromatic nitrogens is 1. The Labute approximate surface area is 205 Å². The van der Waals surface area contributed by atoms with Crippen LogP contribution in [0.3, 0.4) is 0 Å². The van der Waals surface area contributed by atoms with E-state index >= 15 is 0 Å². The Morgan fingerprint density at radius 2 is 1.91 bits per heavy atom. The zero-order valence-corrected chi connectivity index (χ0v) is 19.7. The van der Waals surface area contributed by atoms with Crippen molar-refractivity contribution >= 4 is 29.2 Å². The van der Waals surface area contributed by atoms with Crippen LogP contribution in [0.25, 0.3) is 0 Å². The second kappa shape index (κ2) is 10.9. The molecule has 11 heteroatoms. The molecule has 0 radical (unpaired) electrons. The number of halogens is 4. The van der Waals surface area contributed by atoms with Crippen LogP contribution in [0.5, 0.6) is 11.5 Å². The first-order chi connectivity index (χ1) is 16.3. The minimum absolute atomic E-state index is 0.0636. The molecule has 1 N–H and O–H groups in total. The average Bonchev–Trinajstić information content (AvgIpc) is 3.44. The molecule has 2 heterocycles. The summed E-state index contributed by atoms with van der Waals surface area (Å²) in [5, 5.41) is 15.0. The molecule has 1 aliphatic heterocycles. The normalized spacial score (nSPS) is 18.7. The number of hydrogen-bond acceptors (Lipinski definition) is 6. The molecule has 34 heavy (non-hydrogen) atoms. The molecule has 2 atom stereocenters. The van der Waals surface area contributed by atoms with Gasteiger partial charge in [-0.2, -0.15) is 13.5 Å². The Morgan fingerprint density at radius 3 is 2.53 bits per heavy atom. The lowest BCUT2D eigenvalue weighted by atomic mass is 10.0. The van der Waals surface area contributed by atoms with E-state index in [2.05, 4.69) is 10.1 Å². The summed E-state index contributed by atoms with van der Waals surface area (Å²) >= 11 is 12.5. The molecule has 1 saturated carbocycles. The summed E-state index contributed by atoms with van der Waals surface area (Å²) in [5.74, 6) is -0.0405. The Morgan fingerprint density at radius 1 is 1.18 bits per heavy atom. The number of carbonyl (C=O) groups excluding carboxylic acids is 1. The van der Waals surface area contributed by atoms with Crippen molar-refractivity contribution in [2.24, 2.45) is 5.92 Å². The molecule has 4 rings (SSSR count). The Balaban J connectivity index is 1.65. The quantitative estimate of drug-likeness (QED) is 0.282. The van der Waals surface area contributed by atoms with Crippen LogP contribution in [0, 0.1) is 11.1 Å². The first kappa shape index (κ1) is 24.8. The summed E-state index contributed by atoms with van der Waals surface area (Å²) in [7, 11) is 0. The van der Waals surface area contributed by atoms with Gasteiger partial charge in [-0.05, 0) is 55.8 Å². The van der Waals surface area contributed by atoms with Crippen molar-refractivity contribution in [2.75, 3.05) is 13.2 Å². The third-order valence-electron chi connectivity index (χ3n) is 5.78. The highest BCUT2D eigenvalue weighted by Crippen LogP contribution is 2.38. The average molecular weight is 517 g/mol.